The van der Waals surface area contributed by atoms with E-state index in [0.717, 1.165) is 17.7 Å². The summed E-state index contributed by atoms with van der Waals surface area (Å²) < 4.78 is 0. The van der Waals surface area contributed by atoms with E-state index in [0.29, 0.717) is 12.5 Å². The van der Waals surface area contributed by atoms with Crippen LogP contribution in [-0.2, 0) is 6.42 Å². The Balaban J connectivity index is 1.99. The van der Waals surface area contributed by atoms with Crippen LogP contribution in [0.25, 0.3) is 0 Å². The Bertz CT molecular complexity index is 560. The van der Waals surface area contributed by atoms with Crippen molar-refractivity contribution in [2.24, 2.45) is 0 Å². The Kier molecular flexibility index (Phi) is 5.40. The van der Waals surface area contributed by atoms with Crippen molar-refractivity contribution < 1.29 is 5.11 Å². The fourth-order valence-electron chi connectivity index (χ4n) is 2.43. The number of aryl methyl sites for hydroxylation is 1. The zero-order valence-electron chi connectivity index (χ0n) is 13.1. The van der Waals surface area contributed by atoms with Crippen molar-refractivity contribution in [2.45, 2.75) is 39.2 Å². The predicted octanol–water partition coefficient (Wildman–Crippen LogP) is 4.52. The van der Waals surface area contributed by atoms with Crippen LogP contribution < -0.4 is 5.32 Å². The Morgan fingerprint density at radius 2 is 1.57 bits per heavy atom. The molecule has 2 heteroatoms. The highest BCUT2D eigenvalue weighted by Gasteiger charge is 2.09. The maximum Gasteiger partial charge on any atom is 0.0962 e. The van der Waals surface area contributed by atoms with Gasteiger partial charge in [0.05, 0.1) is 6.10 Å². The van der Waals surface area contributed by atoms with E-state index in [-0.39, 0.29) is 0 Å². The highest BCUT2D eigenvalue weighted by molar-refractivity contribution is 5.51. The molecule has 21 heavy (non-hydrogen) atoms. The summed E-state index contributed by atoms with van der Waals surface area (Å²) in [5.41, 5.74) is 4.65. The number of aliphatic hydroxyl groups excluding tert-OH is 1. The molecule has 0 aliphatic carbocycles. The fourth-order valence-corrected chi connectivity index (χ4v) is 2.43. The molecule has 0 saturated carbocycles. The van der Waals surface area contributed by atoms with Gasteiger partial charge in [-0.1, -0.05) is 63.2 Å². The molecule has 0 aromatic heterocycles. The Labute approximate surface area is 127 Å². The van der Waals surface area contributed by atoms with Gasteiger partial charge in [0.1, 0.15) is 0 Å². The third kappa shape index (κ3) is 4.08. The molecule has 0 heterocycles. The van der Waals surface area contributed by atoms with Crippen LogP contribution in [0, 0.1) is 0 Å². The van der Waals surface area contributed by atoms with Crippen molar-refractivity contribution in [3.8, 4) is 0 Å². The first-order valence-electron chi connectivity index (χ1n) is 7.71. The summed E-state index contributed by atoms with van der Waals surface area (Å²) in [6.45, 7) is 7.02. The minimum atomic E-state index is -0.490. The minimum absolute atomic E-state index is 0.490. The number of hydrogen-bond donors (Lipinski definition) is 2. The van der Waals surface area contributed by atoms with E-state index < -0.39 is 6.10 Å². The second-order valence-electron chi connectivity index (χ2n) is 5.73. The summed E-state index contributed by atoms with van der Waals surface area (Å²) in [5, 5.41) is 13.7. The average Bonchev–Trinajstić information content (AvgIpc) is 2.52. The van der Waals surface area contributed by atoms with Gasteiger partial charge in [-0.15, -0.1) is 0 Å². The van der Waals surface area contributed by atoms with Gasteiger partial charge in [0.25, 0.3) is 0 Å². The molecule has 0 aliphatic heterocycles. The molecule has 2 aromatic rings. The second-order valence-corrected chi connectivity index (χ2v) is 5.73. The largest absolute Gasteiger partial charge is 0.387 e. The molecular formula is C19H25NO. The maximum absolute atomic E-state index is 10.3. The van der Waals surface area contributed by atoms with Crippen LogP contribution in [0.1, 0.15) is 49.5 Å². The minimum Gasteiger partial charge on any atom is -0.387 e. The van der Waals surface area contributed by atoms with E-state index in [2.05, 4.69) is 50.4 Å². The molecule has 1 atom stereocenters. The molecule has 0 saturated heterocycles. The maximum atomic E-state index is 10.3. The van der Waals surface area contributed by atoms with Crippen molar-refractivity contribution in [3.05, 3.63) is 65.2 Å². The molecule has 2 aromatic carbocycles. The monoisotopic (exact) mass is 283 g/mol. The Hall–Kier alpha value is -1.80. The molecule has 0 spiro atoms. The van der Waals surface area contributed by atoms with E-state index in [1.54, 1.807) is 0 Å². The number of aliphatic hydroxyl groups is 1. The SMILES string of the molecule is CCc1ccccc1NCC(O)c1ccc(C(C)C)cc1. The van der Waals surface area contributed by atoms with Crippen molar-refractivity contribution >= 4 is 5.69 Å². The van der Waals surface area contributed by atoms with Gasteiger partial charge < -0.3 is 10.4 Å². The molecule has 0 amide bonds. The van der Waals surface area contributed by atoms with Crippen LogP contribution in [0.3, 0.4) is 0 Å². The van der Waals surface area contributed by atoms with Crippen molar-refractivity contribution in [1.82, 2.24) is 0 Å². The van der Waals surface area contributed by atoms with Crippen LogP contribution >= 0.6 is 0 Å². The van der Waals surface area contributed by atoms with Gasteiger partial charge in [-0.2, -0.15) is 0 Å². The van der Waals surface area contributed by atoms with E-state index in [4.69, 9.17) is 0 Å². The molecule has 0 radical (unpaired) electrons. The van der Waals surface area contributed by atoms with E-state index in [1.807, 2.05) is 24.3 Å². The van der Waals surface area contributed by atoms with Gasteiger partial charge in [0.15, 0.2) is 0 Å². The van der Waals surface area contributed by atoms with Gasteiger partial charge in [-0.3, -0.25) is 0 Å². The molecule has 2 rings (SSSR count). The van der Waals surface area contributed by atoms with E-state index in [9.17, 15) is 5.11 Å². The summed E-state index contributed by atoms with van der Waals surface area (Å²) in [7, 11) is 0. The first-order chi connectivity index (χ1) is 10.1. The molecule has 1 unspecified atom stereocenters. The number of nitrogens with one attached hydrogen (secondary N) is 1. The highest BCUT2D eigenvalue weighted by Crippen LogP contribution is 2.20. The van der Waals surface area contributed by atoms with E-state index in [1.165, 1.54) is 11.1 Å². The first kappa shape index (κ1) is 15.6. The smallest absolute Gasteiger partial charge is 0.0962 e. The Morgan fingerprint density at radius 1 is 0.952 bits per heavy atom. The van der Waals surface area contributed by atoms with Gasteiger partial charge in [0, 0.05) is 12.2 Å². The van der Waals surface area contributed by atoms with Gasteiger partial charge >= 0.3 is 0 Å². The lowest BCUT2D eigenvalue weighted by molar-refractivity contribution is 0.191. The molecule has 0 bridgehead atoms. The lowest BCUT2D eigenvalue weighted by Gasteiger charge is -2.16. The summed E-state index contributed by atoms with van der Waals surface area (Å²) >= 11 is 0. The number of para-hydroxylation sites is 1. The summed E-state index contributed by atoms with van der Waals surface area (Å²) in [6, 6.07) is 16.5. The lowest BCUT2D eigenvalue weighted by Crippen LogP contribution is -2.13. The lowest BCUT2D eigenvalue weighted by atomic mass is 10.00. The first-order valence-corrected chi connectivity index (χ1v) is 7.71. The fraction of sp³-hybridized carbons (Fsp3) is 0.368. The summed E-state index contributed by atoms with van der Waals surface area (Å²) in [5.74, 6) is 0.519. The van der Waals surface area contributed by atoms with Crippen LogP contribution in [0.4, 0.5) is 5.69 Å². The molecule has 112 valence electrons. The highest BCUT2D eigenvalue weighted by atomic mass is 16.3. The van der Waals surface area contributed by atoms with Gasteiger partial charge in [-0.25, -0.2) is 0 Å². The van der Waals surface area contributed by atoms with Crippen LogP contribution in [0.5, 0.6) is 0 Å². The van der Waals surface area contributed by atoms with Crippen LogP contribution in [-0.4, -0.2) is 11.7 Å². The van der Waals surface area contributed by atoms with E-state index >= 15 is 0 Å². The standard InChI is InChI=1S/C19H25NO/c1-4-15-7-5-6-8-18(15)20-13-19(21)17-11-9-16(10-12-17)14(2)3/h5-12,14,19-21H,4,13H2,1-3H3. The quantitative estimate of drug-likeness (QED) is 0.817. The summed E-state index contributed by atoms with van der Waals surface area (Å²) in [4.78, 5) is 0. The molecule has 2 nitrogen and oxygen atoms in total. The third-order valence-corrected chi connectivity index (χ3v) is 3.87. The zero-order valence-corrected chi connectivity index (χ0v) is 13.1. The summed E-state index contributed by atoms with van der Waals surface area (Å²) in [6.07, 6.45) is 0.499. The van der Waals surface area contributed by atoms with Crippen molar-refractivity contribution in [3.63, 3.8) is 0 Å². The normalized spacial score (nSPS) is 12.4. The van der Waals surface area contributed by atoms with Crippen LogP contribution in [0.2, 0.25) is 0 Å². The number of rotatable bonds is 6. The molecule has 0 aliphatic rings. The van der Waals surface area contributed by atoms with Crippen molar-refractivity contribution in [1.29, 1.82) is 0 Å². The van der Waals surface area contributed by atoms with Crippen molar-refractivity contribution in [2.75, 3.05) is 11.9 Å². The number of hydrogen-bond acceptors (Lipinski definition) is 2. The second kappa shape index (κ2) is 7.28. The molecular weight excluding hydrogens is 258 g/mol. The average molecular weight is 283 g/mol. The predicted molar refractivity (Wildman–Crippen MR) is 89.8 cm³/mol. The van der Waals surface area contributed by atoms with Crippen LogP contribution in [0.15, 0.2) is 48.5 Å². The topological polar surface area (TPSA) is 32.3 Å². The number of benzene rings is 2. The zero-order chi connectivity index (χ0) is 15.2. The number of anilines is 1. The molecule has 2 N–H and O–H groups in total. The van der Waals surface area contributed by atoms with Gasteiger partial charge in [0.2, 0.25) is 0 Å². The van der Waals surface area contributed by atoms with Gasteiger partial charge in [-0.05, 0) is 35.1 Å². The Morgan fingerprint density at radius 3 is 2.19 bits per heavy atom. The third-order valence-electron chi connectivity index (χ3n) is 3.87. The molecule has 0 fully saturated rings.